The summed E-state index contributed by atoms with van der Waals surface area (Å²) in [6.07, 6.45) is 8.99. The zero-order valence-electron chi connectivity index (χ0n) is 45.3. The average Bonchev–Trinajstić information content (AvgIpc) is 4.26. The first-order chi connectivity index (χ1) is 37.3. The van der Waals surface area contributed by atoms with Crippen LogP contribution in [0.2, 0.25) is 0 Å². The Morgan fingerprint density at radius 3 is 2.31 bits per heavy atom. The minimum absolute atomic E-state index is 0.0892. The molecule has 3 aliphatic rings. The molecule has 3 fully saturated rings. The Balaban J connectivity index is 0.770. The van der Waals surface area contributed by atoms with E-state index in [1.807, 2.05) is 26.0 Å². The summed E-state index contributed by atoms with van der Waals surface area (Å²) >= 11 is 1.31. The third kappa shape index (κ3) is 12.0. The molecule has 3 atom stereocenters. The molecule has 4 N–H and O–H groups in total. The molecule has 414 valence electrons. The van der Waals surface area contributed by atoms with E-state index in [9.17, 15) is 32.0 Å². The van der Waals surface area contributed by atoms with Crippen LogP contribution in [0.25, 0.3) is 10.9 Å². The highest BCUT2D eigenvalue weighted by atomic mass is 32.2. The molecule has 7 heterocycles. The van der Waals surface area contributed by atoms with E-state index in [-0.39, 0.29) is 51.8 Å². The molecular formula is C56H69FN12O7S2. The first-order valence-corrected chi connectivity index (χ1v) is 29.2. The van der Waals surface area contributed by atoms with Crippen molar-refractivity contribution in [1.29, 1.82) is 0 Å². The summed E-state index contributed by atoms with van der Waals surface area (Å²) in [6.45, 7) is 13.8. The minimum atomic E-state index is -3.83. The smallest absolute Gasteiger partial charge is 0.255 e. The predicted octanol–water partition coefficient (Wildman–Crippen LogP) is 7.89. The molecular weight excluding hydrogens is 1040 g/mol. The van der Waals surface area contributed by atoms with Crippen LogP contribution in [0.4, 0.5) is 21.8 Å². The Morgan fingerprint density at radius 1 is 0.910 bits per heavy atom. The Hall–Kier alpha value is -6.91. The molecule has 0 spiro atoms. The molecule has 0 saturated carbocycles. The van der Waals surface area contributed by atoms with Crippen LogP contribution >= 0.6 is 11.3 Å². The lowest BCUT2D eigenvalue weighted by Crippen LogP contribution is -2.57. The van der Waals surface area contributed by atoms with Gasteiger partial charge in [-0.3, -0.25) is 24.3 Å². The number of piperidine rings is 2. The summed E-state index contributed by atoms with van der Waals surface area (Å²) in [5.74, 6) is 0.895. The molecule has 2 aromatic carbocycles. The van der Waals surface area contributed by atoms with E-state index < -0.39 is 32.5 Å². The van der Waals surface area contributed by atoms with E-state index in [1.54, 1.807) is 68.3 Å². The zero-order valence-corrected chi connectivity index (χ0v) is 46.9. The van der Waals surface area contributed by atoms with Gasteiger partial charge in [0.1, 0.15) is 51.2 Å². The number of ketones is 1. The first kappa shape index (κ1) is 55.8. The standard InChI is InChI=1S/C56H69FN12O7S2/c1-33-34(2)65-66-50(33)64-51-41-28-46(78(74,75)56(4,5)6)45(29-42(41)60-32-61-51)76-27-9-10-36-18-23-67(24-19-36)47-17-14-39(30-59-47)54(72)68-25-20-37(21-26-68)48(63-52(71)35(3)58-7)55(73)69-22-8-11-44(69)53-62-43(31-77-53)49(70)38-12-15-40(57)16-13-38/h12-17,28-32,35-37,44,48,58H,8-11,18-27H2,1-7H3,(H,63,71)(H2,60,61,64,65,66)/t35?,44?,48-/m0/s1. The number of likely N-dealkylation sites (N-methyl/N-ethyl adjacent to an activating group) is 1. The van der Waals surface area contributed by atoms with Gasteiger partial charge in [0.05, 0.1) is 34.5 Å². The number of ether oxygens (including phenoxy) is 1. The molecule has 19 nitrogen and oxygen atoms in total. The third-order valence-corrected chi connectivity index (χ3v) is 19.1. The highest BCUT2D eigenvalue weighted by molar-refractivity contribution is 7.92. The molecule has 9 rings (SSSR count). The summed E-state index contributed by atoms with van der Waals surface area (Å²) < 4.78 is 46.7. The van der Waals surface area contributed by atoms with Gasteiger partial charge in [-0.15, -0.1) is 11.3 Å². The number of aromatic nitrogens is 6. The fourth-order valence-electron chi connectivity index (χ4n) is 10.4. The molecule has 3 amide bonds. The number of hydrogen-bond acceptors (Lipinski definition) is 16. The molecule has 0 aliphatic carbocycles. The van der Waals surface area contributed by atoms with Gasteiger partial charge in [0.25, 0.3) is 5.91 Å². The van der Waals surface area contributed by atoms with Crippen molar-refractivity contribution in [3.8, 4) is 5.75 Å². The van der Waals surface area contributed by atoms with Crippen LogP contribution < -0.4 is 25.6 Å². The summed E-state index contributed by atoms with van der Waals surface area (Å²) in [5, 5.41) is 19.4. The number of rotatable bonds is 18. The molecule has 6 aromatic rings. The van der Waals surface area contributed by atoms with Crippen molar-refractivity contribution < 1.29 is 36.7 Å². The van der Waals surface area contributed by atoms with Crippen LogP contribution in [-0.2, 0) is 19.4 Å². The number of nitrogens with zero attached hydrogens (tertiary/aromatic N) is 8. The van der Waals surface area contributed by atoms with Crippen molar-refractivity contribution in [1.82, 2.24) is 50.6 Å². The van der Waals surface area contributed by atoms with Crippen LogP contribution in [0.3, 0.4) is 0 Å². The Morgan fingerprint density at radius 2 is 1.64 bits per heavy atom. The highest BCUT2D eigenvalue weighted by Gasteiger charge is 2.42. The van der Waals surface area contributed by atoms with Crippen LogP contribution in [-0.4, -0.2) is 135 Å². The number of aryl methyl sites for hydroxylation is 1. The molecule has 3 saturated heterocycles. The van der Waals surface area contributed by atoms with Crippen LogP contribution in [0, 0.1) is 31.5 Å². The average molecular weight is 1110 g/mol. The number of pyridine rings is 1. The number of halogens is 1. The number of anilines is 3. The number of carbonyl (C=O) groups is 4. The van der Waals surface area contributed by atoms with E-state index in [0.29, 0.717) is 90.1 Å². The molecule has 3 aliphatic heterocycles. The number of nitrogens with one attached hydrogen (secondary N) is 4. The van der Waals surface area contributed by atoms with Crippen molar-refractivity contribution in [3.05, 3.63) is 105 Å². The van der Waals surface area contributed by atoms with Gasteiger partial charge in [0.2, 0.25) is 17.6 Å². The summed E-state index contributed by atoms with van der Waals surface area (Å²) in [4.78, 5) is 79.2. The second-order valence-electron chi connectivity index (χ2n) is 21.7. The van der Waals surface area contributed by atoms with Gasteiger partial charge in [0.15, 0.2) is 15.7 Å². The van der Waals surface area contributed by atoms with Crippen LogP contribution in [0.15, 0.2) is 71.3 Å². The Bertz CT molecular complexity index is 3260. The second-order valence-corrected chi connectivity index (χ2v) is 25.2. The van der Waals surface area contributed by atoms with Crippen LogP contribution in [0.5, 0.6) is 5.75 Å². The first-order valence-electron chi connectivity index (χ1n) is 26.8. The van der Waals surface area contributed by atoms with Gasteiger partial charge in [-0.1, -0.05) is 0 Å². The van der Waals surface area contributed by atoms with Gasteiger partial charge in [0, 0.05) is 72.6 Å². The number of H-pyrrole nitrogens is 1. The lowest BCUT2D eigenvalue weighted by molar-refractivity contribution is -0.139. The maximum atomic E-state index is 14.6. The van der Waals surface area contributed by atoms with Crippen molar-refractivity contribution in [2.45, 2.75) is 121 Å². The number of likely N-dealkylation sites (tertiary alicyclic amines) is 2. The summed E-state index contributed by atoms with van der Waals surface area (Å²) in [6, 6.07) is 10.6. The Labute approximate surface area is 458 Å². The van der Waals surface area contributed by atoms with Gasteiger partial charge >= 0.3 is 0 Å². The van der Waals surface area contributed by atoms with Crippen molar-refractivity contribution in [3.63, 3.8) is 0 Å². The van der Waals surface area contributed by atoms with Crippen molar-refractivity contribution in [2.24, 2.45) is 11.8 Å². The van der Waals surface area contributed by atoms with Gasteiger partial charge in [-0.05, 0) is 154 Å². The number of aromatic amines is 1. The number of thiazole rings is 1. The SMILES string of the molecule is CNC(C)C(=O)N[C@H](C(=O)N1CCCC1c1nc(C(=O)c2ccc(F)cc2)cs1)C1CCN(C(=O)c2ccc(N3CCC(CCCOc4cc5ncnc(Nc6n[nH]c(C)c6C)c5cc4S(=O)(=O)C(C)(C)C)CC3)nc2)CC1. The number of amides is 3. The largest absolute Gasteiger partial charge is 0.492 e. The fourth-order valence-corrected chi connectivity index (χ4v) is 12.7. The van der Waals surface area contributed by atoms with Crippen LogP contribution in [0.1, 0.15) is 128 Å². The maximum Gasteiger partial charge on any atom is 0.255 e. The quantitative estimate of drug-likeness (QED) is 0.0473. The monoisotopic (exact) mass is 1100 g/mol. The number of hydrogen-bond donors (Lipinski definition) is 4. The predicted molar refractivity (Wildman–Crippen MR) is 296 cm³/mol. The van der Waals surface area contributed by atoms with Gasteiger partial charge < -0.3 is 35.4 Å². The topological polar surface area (TPSA) is 238 Å². The number of benzene rings is 2. The third-order valence-electron chi connectivity index (χ3n) is 15.6. The molecule has 78 heavy (non-hydrogen) atoms. The van der Waals surface area contributed by atoms with Gasteiger partial charge in [-0.25, -0.2) is 32.7 Å². The molecule has 4 aromatic heterocycles. The molecule has 22 heteroatoms. The van der Waals surface area contributed by atoms with Crippen molar-refractivity contribution in [2.75, 3.05) is 56.6 Å². The number of sulfone groups is 1. The van der Waals surface area contributed by atoms with E-state index in [4.69, 9.17) is 9.72 Å². The lowest BCUT2D eigenvalue weighted by Gasteiger charge is -2.38. The van der Waals surface area contributed by atoms with Crippen molar-refractivity contribution >= 4 is 73.0 Å². The zero-order chi connectivity index (χ0) is 55.5. The maximum absolute atomic E-state index is 14.6. The fraction of sp³-hybridized carbons (Fsp3) is 0.482. The lowest BCUT2D eigenvalue weighted by atomic mass is 9.87. The number of carbonyl (C=O) groups excluding carboxylic acids is 4. The normalized spacial score (nSPS) is 17.5. The molecule has 2 unspecified atom stereocenters. The van der Waals surface area contributed by atoms with E-state index in [1.165, 1.54) is 41.9 Å². The Kier molecular flexibility index (Phi) is 16.9. The van der Waals surface area contributed by atoms with E-state index >= 15 is 0 Å². The number of fused-ring (bicyclic) bond motifs is 1. The minimum Gasteiger partial charge on any atom is -0.492 e. The molecule has 0 radical (unpaired) electrons. The highest BCUT2D eigenvalue weighted by Crippen LogP contribution is 2.39. The van der Waals surface area contributed by atoms with Gasteiger partial charge in [-0.2, -0.15) is 5.10 Å². The van der Waals surface area contributed by atoms with E-state index in [0.717, 1.165) is 62.3 Å². The summed E-state index contributed by atoms with van der Waals surface area (Å²) in [5.41, 5.74) is 3.41. The second kappa shape index (κ2) is 23.6. The van der Waals surface area contributed by atoms with E-state index in [2.05, 4.69) is 46.0 Å². The molecule has 0 bridgehead atoms. The summed E-state index contributed by atoms with van der Waals surface area (Å²) in [7, 11) is -2.14.